The van der Waals surface area contributed by atoms with Crippen molar-refractivity contribution in [3.05, 3.63) is 11.5 Å². The van der Waals surface area contributed by atoms with Gasteiger partial charge in [0.25, 0.3) is 0 Å². The van der Waals surface area contributed by atoms with Crippen molar-refractivity contribution < 1.29 is 19.5 Å². The monoisotopic (exact) mass is 614 g/mol. The van der Waals surface area contributed by atoms with Crippen LogP contribution in [0, 0.1) is 23.7 Å². The molecule has 0 aliphatic carbocycles. The summed E-state index contributed by atoms with van der Waals surface area (Å²) in [5.74, 6) is 3.33. The molecule has 31 heavy (non-hydrogen) atoms. The fourth-order valence-electron chi connectivity index (χ4n) is 0.204. The van der Waals surface area contributed by atoms with Crippen molar-refractivity contribution in [3.8, 4) is 0 Å². The van der Waals surface area contributed by atoms with Gasteiger partial charge in [0.05, 0.1) is 0 Å². The maximum absolute atomic E-state index is 6.59. The largest absolute Gasteiger partial charge is 2.00 e. The molecule has 0 spiro atoms. The van der Waals surface area contributed by atoms with Crippen molar-refractivity contribution >= 4 is 41.7 Å². The minimum absolute atomic E-state index is 0. The van der Waals surface area contributed by atoms with Gasteiger partial charge in [0.1, 0.15) is 0 Å². The van der Waals surface area contributed by atoms with Gasteiger partial charge in [-0.1, -0.05) is 95.9 Å². The van der Waals surface area contributed by atoms with Gasteiger partial charge in [-0.15, -0.1) is 41.7 Å². The Balaban J connectivity index is -0.0000000258. The van der Waals surface area contributed by atoms with Gasteiger partial charge < -0.3 is 11.5 Å². The number of rotatable bonds is 4. The topological polar surface area (TPSA) is 47.6 Å². The zero-order chi connectivity index (χ0) is 26.6. The van der Waals surface area contributed by atoms with Crippen LogP contribution in [-0.4, -0.2) is 38.2 Å². The van der Waals surface area contributed by atoms with Crippen molar-refractivity contribution in [2.75, 3.05) is 38.2 Å². The molecular formula is C24H64Cl2N2P2Ru. The second kappa shape index (κ2) is 76.9. The summed E-state index contributed by atoms with van der Waals surface area (Å²) < 4.78 is 0. The predicted molar refractivity (Wildman–Crippen MR) is 162 cm³/mol. The number of alkyl halides is 2. The van der Waals surface area contributed by atoms with E-state index in [2.05, 4.69) is 125 Å². The number of nitrogens with one attached hydrogen (secondary N) is 2. The van der Waals surface area contributed by atoms with E-state index in [0.717, 1.165) is 48.8 Å². The zero-order valence-electron chi connectivity index (χ0n) is 23.8. The number of hydrogen-bond donors (Lipinski definition) is 0. The minimum Gasteiger partial charge on any atom is -0.677 e. The van der Waals surface area contributed by atoms with Crippen molar-refractivity contribution in [1.82, 2.24) is 0 Å². The zero-order valence-corrected chi connectivity index (χ0v) is 29.4. The van der Waals surface area contributed by atoms with Gasteiger partial charge in [-0.3, -0.25) is 0 Å². The Morgan fingerprint density at radius 1 is 0.484 bits per heavy atom. The standard InChI is InChI=1S/4C4H10.2C3H9NP.2CH3Cl.Ru/c4*1-4(2)3;2*4-2-1-3-5;2*1-2;/h4*4H,1-3H3;2*4H,1-3,5H2;2*1H3;/q;;;;2*-1;;;+2. The van der Waals surface area contributed by atoms with Gasteiger partial charge in [0.15, 0.2) is 0 Å². The van der Waals surface area contributed by atoms with Crippen LogP contribution in [-0.2, 0) is 19.5 Å². The van der Waals surface area contributed by atoms with E-state index in [-0.39, 0.29) is 19.5 Å². The maximum atomic E-state index is 6.59. The first kappa shape index (κ1) is 58.7. The molecule has 0 fully saturated rings. The summed E-state index contributed by atoms with van der Waals surface area (Å²) in [5, 5.41) is 0. The average Bonchev–Trinajstić information content (AvgIpc) is 2.58. The van der Waals surface area contributed by atoms with Crippen LogP contribution < -0.4 is 0 Å². The minimum atomic E-state index is 0. The maximum Gasteiger partial charge on any atom is 2.00 e. The summed E-state index contributed by atoms with van der Waals surface area (Å²) >= 11 is 9.28. The predicted octanol–water partition coefficient (Wildman–Crippen LogP) is 11.0. The van der Waals surface area contributed by atoms with Crippen molar-refractivity contribution in [3.63, 3.8) is 0 Å². The van der Waals surface area contributed by atoms with Gasteiger partial charge in [-0.05, 0) is 36.0 Å². The van der Waals surface area contributed by atoms with Crippen molar-refractivity contribution in [2.24, 2.45) is 23.7 Å². The third kappa shape index (κ3) is 803. The quantitative estimate of drug-likeness (QED) is 0.172. The molecule has 7 heteroatoms. The van der Waals surface area contributed by atoms with E-state index in [9.17, 15) is 0 Å². The van der Waals surface area contributed by atoms with E-state index >= 15 is 0 Å². The van der Waals surface area contributed by atoms with Gasteiger partial charge in [-0.25, -0.2) is 0 Å². The number of halogens is 2. The molecule has 0 saturated carbocycles. The van der Waals surface area contributed by atoms with E-state index in [1.54, 1.807) is 0 Å². The van der Waals surface area contributed by atoms with E-state index in [4.69, 9.17) is 11.5 Å². The normalized spacial score (nSPS) is 7.74. The third-order valence-electron chi connectivity index (χ3n) is 0.762. The molecule has 0 aromatic carbocycles. The van der Waals surface area contributed by atoms with Crippen molar-refractivity contribution in [2.45, 2.75) is 95.9 Å². The Labute approximate surface area is 229 Å². The van der Waals surface area contributed by atoms with Crippen LogP contribution in [0.2, 0.25) is 0 Å². The molecule has 0 bridgehead atoms. The summed E-state index contributed by atoms with van der Waals surface area (Å²) in [6, 6.07) is 0. The Hall–Kier alpha value is 1.98. The molecule has 0 aliphatic rings. The van der Waals surface area contributed by atoms with E-state index < -0.39 is 0 Å². The second-order valence-corrected chi connectivity index (χ2v) is 9.87. The van der Waals surface area contributed by atoms with E-state index in [0.29, 0.717) is 13.1 Å². The van der Waals surface area contributed by atoms with Crippen LogP contribution in [0.15, 0.2) is 0 Å². The van der Waals surface area contributed by atoms with Crippen LogP contribution in [0.25, 0.3) is 11.5 Å². The second-order valence-electron chi connectivity index (χ2n) is 8.71. The molecule has 0 rings (SSSR count). The van der Waals surface area contributed by atoms with Gasteiger partial charge in [0.2, 0.25) is 0 Å². The Bertz CT molecular complexity index is 135. The van der Waals surface area contributed by atoms with Gasteiger partial charge in [0, 0.05) is 12.8 Å². The van der Waals surface area contributed by atoms with Gasteiger partial charge >= 0.3 is 19.5 Å². The molecule has 2 unspecified atom stereocenters. The fraction of sp³-hybridized carbons (Fsp3) is 1.00. The SMILES string of the molecule is CC(C)C.CC(C)C.CC(C)C.CC(C)C.CCl.CCl.[NH-]CCCP.[NH-]CCCP.[Ru+2]. The molecule has 0 radical (unpaired) electrons. The molecular weight excluding hydrogens is 550 g/mol. The molecule has 2 atom stereocenters. The van der Waals surface area contributed by atoms with Crippen LogP contribution in [0.1, 0.15) is 95.9 Å². The molecule has 0 aromatic rings. The van der Waals surface area contributed by atoms with Crippen LogP contribution in [0.5, 0.6) is 0 Å². The molecule has 2 N–H and O–H groups in total. The average molecular weight is 615 g/mol. The van der Waals surface area contributed by atoms with Crippen LogP contribution in [0.4, 0.5) is 0 Å². The Morgan fingerprint density at radius 2 is 0.581 bits per heavy atom. The molecule has 0 saturated heterocycles. The number of hydrogen-bond acceptors (Lipinski definition) is 0. The first-order valence-electron chi connectivity index (χ1n) is 11.2. The smallest absolute Gasteiger partial charge is 0.677 e. The summed E-state index contributed by atoms with van der Waals surface area (Å²) in [7, 11) is 5.16. The third-order valence-corrected chi connectivity index (χ3v) is 1.58. The Morgan fingerprint density at radius 3 is 0.581 bits per heavy atom. The molecule has 202 valence electrons. The summed E-state index contributed by atoms with van der Waals surface area (Å²) in [6.07, 6.45) is 7.13. The van der Waals surface area contributed by atoms with Gasteiger partial charge in [-0.2, -0.15) is 13.1 Å². The van der Waals surface area contributed by atoms with Crippen LogP contribution in [0.3, 0.4) is 0 Å². The fourth-order valence-corrected chi connectivity index (χ4v) is 0.612. The summed E-state index contributed by atoms with van der Waals surface area (Å²) in [4.78, 5) is 0. The molecule has 0 heterocycles. The summed E-state index contributed by atoms with van der Waals surface area (Å²) in [6.45, 7) is 27.1. The van der Waals surface area contributed by atoms with Crippen molar-refractivity contribution in [1.29, 1.82) is 0 Å². The molecule has 2 nitrogen and oxygen atoms in total. The molecule has 0 amide bonds. The molecule has 0 aliphatic heterocycles. The Kier molecular flexibility index (Phi) is 145. The van der Waals surface area contributed by atoms with E-state index in [1.165, 1.54) is 12.8 Å². The van der Waals surface area contributed by atoms with E-state index in [1.807, 2.05) is 0 Å². The first-order valence-corrected chi connectivity index (χ1v) is 14.4. The first-order chi connectivity index (χ1) is 13.8. The molecule has 0 aromatic heterocycles. The summed E-state index contributed by atoms with van der Waals surface area (Å²) in [5.41, 5.74) is 13.2. The van der Waals surface area contributed by atoms with Crippen LogP contribution >= 0.6 is 41.7 Å².